The SMILES string of the molecule is CCCCCCCOc1ccc(OC)c(CN[C@H]2CCCN[C@H]2c2ccccc2)c1. The summed E-state index contributed by atoms with van der Waals surface area (Å²) in [5.41, 5.74) is 2.50. The molecule has 0 radical (unpaired) electrons. The Morgan fingerprint density at radius 3 is 2.67 bits per heavy atom. The van der Waals surface area contributed by atoms with Gasteiger partial charge >= 0.3 is 0 Å². The van der Waals surface area contributed by atoms with Gasteiger partial charge in [-0.15, -0.1) is 0 Å². The second kappa shape index (κ2) is 12.6. The van der Waals surface area contributed by atoms with Gasteiger partial charge in [-0.1, -0.05) is 62.9 Å². The van der Waals surface area contributed by atoms with Crippen molar-refractivity contribution in [3.05, 3.63) is 59.7 Å². The summed E-state index contributed by atoms with van der Waals surface area (Å²) in [7, 11) is 1.74. The maximum Gasteiger partial charge on any atom is 0.123 e. The number of methoxy groups -OCH3 is 1. The zero-order valence-electron chi connectivity index (χ0n) is 18.7. The van der Waals surface area contributed by atoms with Crippen molar-refractivity contribution in [3.8, 4) is 11.5 Å². The van der Waals surface area contributed by atoms with Gasteiger partial charge < -0.3 is 20.1 Å². The summed E-state index contributed by atoms with van der Waals surface area (Å²) in [5, 5.41) is 7.47. The molecule has 2 aromatic rings. The van der Waals surface area contributed by atoms with Crippen LogP contribution in [0.15, 0.2) is 48.5 Å². The first kappa shape index (κ1) is 22.6. The van der Waals surface area contributed by atoms with Gasteiger partial charge in [0.2, 0.25) is 0 Å². The van der Waals surface area contributed by atoms with Crippen LogP contribution < -0.4 is 20.1 Å². The van der Waals surface area contributed by atoms with Gasteiger partial charge in [0.05, 0.1) is 13.7 Å². The molecule has 1 heterocycles. The number of hydrogen-bond acceptors (Lipinski definition) is 4. The van der Waals surface area contributed by atoms with E-state index in [4.69, 9.17) is 9.47 Å². The Morgan fingerprint density at radius 2 is 1.87 bits per heavy atom. The van der Waals surface area contributed by atoms with E-state index in [1.165, 1.54) is 44.1 Å². The highest BCUT2D eigenvalue weighted by molar-refractivity contribution is 5.40. The lowest BCUT2D eigenvalue weighted by Crippen LogP contribution is -2.45. The Morgan fingerprint density at radius 1 is 1.03 bits per heavy atom. The summed E-state index contributed by atoms with van der Waals surface area (Å²) in [5.74, 6) is 1.85. The van der Waals surface area contributed by atoms with Crippen molar-refractivity contribution in [2.45, 2.75) is 70.5 Å². The van der Waals surface area contributed by atoms with E-state index in [0.717, 1.165) is 43.2 Å². The van der Waals surface area contributed by atoms with Crippen molar-refractivity contribution < 1.29 is 9.47 Å². The maximum absolute atomic E-state index is 6.01. The van der Waals surface area contributed by atoms with Crippen molar-refractivity contribution in [2.24, 2.45) is 0 Å². The monoisotopic (exact) mass is 410 g/mol. The van der Waals surface area contributed by atoms with Gasteiger partial charge in [0.1, 0.15) is 11.5 Å². The predicted octanol–water partition coefficient (Wildman–Crippen LogP) is 5.63. The molecule has 1 aliphatic rings. The molecule has 0 spiro atoms. The highest BCUT2D eigenvalue weighted by atomic mass is 16.5. The summed E-state index contributed by atoms with van der Waals surface area (Å²) >= 11 is 0. The van der Waals surface area contributed by atoms with Gasteiger partial charge in [0, 0.05) is 24.2 Å². The average Bonchev–Trinajstić information content (AvgIpc) is 2.81. The molecule has 4 nitrogen and oxygen atoms in total. The first-order chi connectivity index (χ1) is 14.8. The fraction of sp³-hybridized carbons (Fsp3) is 0.538. The topological polar surface area (TPSA) is 42.5 Å². The zero-order valence-corrected chi connectivity index (χ0v) is 18.7. The van der Waals surface area contributed by atoms with E-state index in [1.54, 1.807) is 7.11 Å². The van der Waals surface area contributed by atoms with Gasteiger partial charge in [-0.05, 0) is 49.6 Å². The van der Waals surface area contributed by atoms with Crippen molar-refractivity contribution in [1.82, 2.24) is 10.6 Å². The number of rotatable bonds is 12. The summed E-state index contributed by atoms with van der Waals surface area (Å²) < 4.78 is 11.6. The van der Waals surface area contributed by atoms with E-state index in [-0.39, 0.29) is 0 Å². The molecule has 0 unspecified atom stereocenters. The van der Waals surface area contributed by atoms with Crippen LogP contribution in [0.2, 0.25) is 0 Å². The lowest BCUT2D eigenvalue weighted by Gasteiger charge is -2.34. The molecule has 0 bridgehead atoms. The van der Waals surface area contributed by atoms with E-state index < -0.39 is 0 Å². The van der Waals surface area contributed by atoms with E-state index >= 15 is 0 Å². The smallest absolute Gasteiger partial charge is 0.123 e. The van der Waals surface area contributed by atoms with Gasteiger partial charge in [-0.2, -0.15) is 0 Å². The predicted molar refractivity (Wildman–Crippen MR) is 124 cm³/mol. The largest absolute Gasteiger partial charge is 0.496 e. The molecule has 2 atom stereocenters. The van der Waals surface area contributed by atoms with Crippen molar-refractivity contribution in [3.63, 3.8) is 0 Å². The van der Waals surface area contributed by atoms with Crippen molar-refractivity contribution >= 4 is 0 Å². The zero-order chi connectivity index (χ0) is 21.0. The van der Waals surface area contributed by atoms with Crippen LogP contribution >= 0.6 is 0 Å². The third-order valence-corrected chi connectivity index (χ3v) is 5.94. The van der Waals surface area contributed by atoms with Crippen molar-refractivity contribution in [1.29, 1.82) is 0 Å². The molecular weight excluding hydrogens is 372 g/mol. The average molecular weight is 411 g/mol. The highest BCUT2D eigenvalue weighted by Gasteiger charge is 2.25. The van der Waals surface area contributed by atoms with Crippen molar-refractivity contribution in [2.75, 3.05) is 20.3 Å². The molecule has 1 aliphatic heterocycles. The Hall–Kier alpha value is -2.04. The fourth-order valence-corrected chi connectivity index (χ4v) is 4.24. The molecule has 1 fully saturated rings. The maximum atomic E-state index is 6.01. The summed E-state index contributed by atoms with van der Waals surface area (Å²) in [6.45, 7) is 4.87. The normalized spacial score (nSPS) is 18.9. The summed E-state index contributed by atoms with van der Waals surface area (Å²) in [4.78, 5) is 0. The van der Waals surface area contributed by atoms with E-state index in [1.807, 2.05) is 12.1 Å². The molecular formula is C26H38N2O2. The highest BCUT2D eigenvalue weighted by Crippen LogP contribution is 2.27. The van der Waals surface area contributed by atoms with Crippen LogP contribution in [-0.2, 0) is 6.54 Å². The van der Waals surface area contributed by atoms with Crippen LogP contribution in [0.3, 0.4) is 0 Å². The fourth-order valence-electron chi connectivity index (χ4n) is 4.24. The first-order valence-corrected chi connectivity index (χ1v) is 11.6. The standard InChI is InChI=1S/C26H38N2O2/c1-3-4-5-6-10-18-30-23-15-16-25(29-2)22(19-23)20-28-24-14-11-17-27-26(24)21-12-8-7-9-13-21/h7-9,12-13,15-16,19,24,26-28H,3-6,10-11,14,17-18,20H2,1-2H3/t24-,26-/m0/s1. The molecule has 2 N–H and O–H groups in total. The number of hydrogen-bond donors (Lipinski definition) is 2. The molecule has 4 heteroatoms. The van der Waals surface area contributed by atoms with Crippen LogP contribution in [0.25, 0.3) is 0 Å². The quantitative estimate of drug-likeness (QED) is 0.445. The first-order valence-electron chi connectivity index (χ1n) is 11.6. The Kier molecular flexibility index (Phi) is 9.52. The van der Waals surface area contributed by atoms with E-state index in [0.29, 0.717) is 12.1 Å². The van der Waals surface area contributed by atoms with Crippen LogP contribution in [0, 0.1) is 0 Å². The lowest BCUT2D eigenvalue weighted by atomic mass is 9.92. The molecule has 2 aromatic carbocycles. The molecule has 164 valence electrons. The molecule has 0 amide bonds. The van der Waals surface area contributed by atoms with Gasteiger partial charge in [-0.25, -0.2) is 0 Å². The third-order valence-electron chi connectivity index (χ3n) is 5.94. The van der Waals surface area contributed by atoms with Gasteiger partial charge in [0.15, 0.2) is 0 Å². The summed E-state index contributed by atoms with van der Waals surface area (Å²) in [6.07, 6.45) is 8.62. The summed E-state index contributed by atoms with van der Waals surface area (Å²) in [6, 6.07) is 17.7. The second-order valence-electron chi connectivity index (χ2n) is 8.21. The number of benzene rings is 2. The number of unbranched alkanes of at least 4 members (excludes halogenated alkanes) is 4. The van der Waals surface area contributed by atoms with E-state index in [2.05, 4.69) is 54.0 Å². The molecule has 1 saturated heterocycles. The van der Waals surface area contributed by atoms with Gasteiger partial charge in [0.25, 0.3) is 0 Å². The number of ether oxygens (including phenoxy) is 2. The minimum Gasteiger partial charge on any atom is -0.496 e. The minimum atomic E-state index is 0.341. The van der Waals surface area contributed by atoms with E-state index in [9.17, 15) is 0 Å². The molecule has 30 heavy (non-hydrogen) atoms. The van der Waals surface area contributed by atoms with Gasteiger partial charge in [-0.3, -0.25) is 0 Å². The van der Waals surface area contributed by atoms with Crippen LogP contribution in [0.1, 0.15) is 69.0 Å². The lowest BCUT2D eigenvalue weighted by molar-refractivity contribution is 0.298. The molecule has 3 rings (SSSR count). The molecule has 0 aromatic heterocycles. The second-order valence-corrected chi connectivity index (χ2v) is 8.21. The molecule has 0 saturated carbocycles. The Bertz CT molecular complexity index is 735. The molecule has 0 aliphatic carbocycles. The number of nitrogens with one attached hydrogen (secondary N) is 2. The Balaban J connectivity index is 1.57. The van der Waals surface area contributed by atoms with Crippen LogP contribution in [0.4, 0.5) is 0 Å². The minimum absolute atomic E-state index is 0.341. The van der Waals surface area contributed by atoms with Crippen LogP contribution in [0.5, 0.6) is 11.5 Å². The van der Waals surface area contributed by atoms with Crippen LogP contribution in [-0.4, -0.2) is 26.3 Å². The Labute approximate surface area is 182 Å². The number of piperidine rings is 1. The third kappa shape index (κ3) is 6.75.